The van der Waals surface area contributed by atoms with Crippen molar-refractivity contribution in [3.63, 3.8) is 0 Å². The summed E-state index contributed by atoms with van der Waals surface area (Å²) in [7, 11) is 0. The van der Waals surface area contributed by atoms with Gasteiger partial charge in [0.1, 0.15) is 5.75 Å². The molecule has 4 aromatic rings. The Morgan fingerprint density at radius 1 is 0.898 bits per heavy atom. The summed E-state index contributed by atoms with van der Waals surface area (Å²) in [6, 6.07) is 29.1. The summed E-state index contributed by atoms with van der Waals surface area (Å²) in [4.78, 5) is 25.6. The van der Waals surface area contributed by atoms with E-state index in [1.54, 1.807) is 30.3 Å². The van der Waals surface area contributed by atoms with E-state index in [-0.39, 0.29) is 38.6 Å². The van der Waals surface area contributed by atoms with Crippen molar-refractivity contribution in [2.24, 2.45) is 15.2 Å². The SMILES string of the molecule is [N-]=[N+]=NCc1ccccc1C[C@]1(C(=O)NNCc2ccccc2Cl)N=C(c2ccc(OCCCO)cc2)O[C@H]1c1ccccc1CN=[N+]=[N-]. The van der Waals surface area contributed by atoms with Crippen LogP contribution in [0.3, 0.4) is 0 Å². The Bertz CT molecular complexity index is 1890. The number of carbonyl (C=O) groups is 1. The highest BCUT2D eigenvalue weighted by Gasteiger charge is 2.54. The summed E-state index contributed by atoms with van der Waals surface area (Å²) in [5, 5.41) is 17.2. The third kappa shape index (κ3) is 8.49. The van der Waals surface area contributed by atoms with E-state index in [1.165, 1.54) is 0 Å². The number of halogens is 1. The molecule has 0 aliphatic carbocycles. The lowest BCUT2D eigenvalue weighted by Crippen LogP contribution is -2.54. The fourth-order valence-electron chi connectivity index (χ4n) is 5.55. The molecule has 0 saturated carbocycles. The van der Waals surface area contributed by atoms with Gasteiger partial charge in [0, 0.05) is 46.4 Å². The third-order valence-corrected chi connectivity index (χ3v) is 8.36. The summed E-state index contributed by atoms with van der Waals surface area (Å²) < 4.78 is 12.4. The number of hydrazine groups is 1. The van der Waals surface area contributed by atoms with Gasteiger partial charge in [0.15, 0.2) is 11.6 Å². The van der Waals surface area contributed by atoms with Crippen molar-refractivity contribution in [1.82, 2.24) is 10.9 Å². The van der Waals surface area contributed by atoms with E-state index >= 15 is 0 Å². The summed E-state index contributed by atoms with van der Waals surface area (Å²) in [5.74, 6) is 0.340. The second-order valence-electron chi connectivity index (χ2n) is 11.1. The molecular weight excluding hydrogens is 646 g/mol. The van der Waals surface area contributed by atoms with Gasteiger partial charge in [-0.1, -0.05) is 88.6 Å². The largest absolute Gasteiger partial charge is 0.494 e. The van der Waals surface area contributed by atoms with Gasteiger partial charge in [0.2, 0.25) is 5.90 Å². The Labute approximate surface area is 287 Å². The van der Waals surface area contributed by atoms with Crippen molar-refractivity contribution >= 4 is 23.4 Å². The third-order valence-electron chi connectivity index (χ3n) is 7.99. The van der Waals surface area contributed by atoms with Crippen molar-refractivity contribution < 1.29 is 19.4 Å². The molecule has 250 valence electrons. The fraction of sp³-hybridized carbons (Fsp3) is 0.257. The predicted octanol–water partition coefficient (Wildman–Crippen LogP) is 7.04. The minimum atomic E-state index is -1.60. The van der Waals surface area contributed by atoms with Crippen LogP contribution in [0.15, 0.2) is 112 Å². The van der Waals surface area contributed by atoms with E-state index in [1.807, 2.05) is 66.7 Å². The molecule has 49 heavy (non-hydrogen) atoms. The van der Waals surface area contributed by atoms with Gasteiger partial charge in [-0.2, -0.15) is 0 Å². The van der Waals surface area contributed by atoms with Gasteiger partial charge in [0.25, 0.3) is 5.91 Å². The minimum absolute atomic E-state index is 0.0225. The molecule has 0 radical (unpaired) electrons. The number of ether oxygens (including phenoxy) is 2. The molecule has 0 aromatic heterocycles. The number of aliphatic hydroxyl groups excluding tert-OH is 1. The zero-order valence-electron chi connectivity index (χ0n) is 26.4. The first-order valence-electron chi connectivity index (χ1n) is 15.5. The Morgan fingerprint density at radius 2 is 1.53 bits per heavy atom. The van der Waals surface area contributed by atoms with E-state index < -0.39 is 17.6 Å². The molecule has 1 amide bonds. The first kappa shape index (κ1) is 34.8. The lowest BCUT2D eigenvalue weighted by molar-refractivity contribution is -0.130. The van der Waals surface area contributed by atoms with Crippen molar-refractivity contribution in [3.05, 3.63) is 156 Å². The topological polar surface area (TPSA) is 190 Å². The van der Waals surface area contributed by atoms with Crippen molar-refractivity contribution in [2.45, 2.75) is 44.1 Å². The summed E-state index contributed by atoms with van der Waals surface area (Å²) in [5.41, 5.74) is 26.6. The van der Waals surface area contributed by atoms with E-state index in [0.29, 0.717) is 40.5 Å². The van der Waals surface area contributed by atoms with Crippen LogP contribution in [0.5, 0.6) is 5.75 Å². The molecule has 1 heterocycles. The van der Waals surface area contributed by atoms with E-state index in [4.69, 9.17) is 42.2 Å². The zero-order valence-corrected chi connectivity index (χ0v) is 27.2. The average Bonchev–Trinajstić information content (AvgIpc) is 3.51. The number of aliphatic hydroxyl groups is 1. The summed E-state index contributed by atoms with van der Waals surface area (Å²) in [6.07, 6.45) is -0.406. The van der Waals surface area contributed by atoms with Gasteiger partial charge >= 0.3 is 0 Å². The molecule has 2 atom stereocenters. The van der Waals surface area contributed by atoms with E-state index in [9.17, 15) is 4.79 Å². The van der Waals surface area contributed by atoms with Gasteiger partial charge in [-0.15, -0.1) is 0 Å². The number of hydrogen-bond acceptors (Lipinski definition) is 8. The normalized spacial score (nSPS) is 16.4. The van der Waals surface area contributed by atoms with Crippen LogP contribution >= 0.6 is 11.6 Å². The monoisotopic (exact) mass is 679 g/mol. The highest BCUT2D eigenvalue weighted by Crippen LogP contribution is 2.44. The van der Waals surface area contributed by atoms with Crippen molar-refractivity contribution in [2.75, 3.05) is 13.2 Å². The lowest BCUT2D eigenvalue weighted by atomic mass is 9.80. The Balaban J connectivity index is 1.61. The number of hydrogen-bond donors (Lipinski definition) is 3. The fourth-order valence-corrected chi connectivity index (χ4v) is 5.76. The molecule has 14 heteroatoms. The molecule has 0 unspecified atom stereocenters. The molecule has 5 rings (SSSR count). The minimum Gasteiger partial charge on any atom is -0.494 e. The maximum Gasteiger partial charge on any atom is 0.266 e. The number of aliphatic imine (C=N–C) groups is 1. The molecule has 0 bridgehead atoms. The number of nitrogens with zero attached hydrogens (tertiary/aromatic N) is 7. The first-order chi connectivity index (χ1) is 24.0. The smallest absolute Gasteiger partial charge is 0.266 e. The molecule has 1 aliphatic heterocycles. The quantitative estimate of drug-likeness (QED) is 0.0375. The van der Waals surface area contributed by atoms with Gasteiger partial charge in [-0.25, -0.2) is 10.4 Å². The van der Waals surface area contributed by atoms with Crippen LogP contribution in [0.1, 0.15) is 45.9 Å². The molecule has 0 spiro atoms. The van der Waals surface area contributed by atoms with Crippen LogP contribution in [0.4, 0.5) is 0 Å². The number of amides is 1. The Morgan fingerprint density at radius 3 is 2.22 bits per heavy atom. The van der Waals surface area contributed by atoms with Crippen LogP contribution in [0.2, 0.25) is 5.02 Å². The number of benzene rings is 4. The molecule has 1 aliphatic rings. The number of rotatable bonds is 16. The number of carbonyl (C=O) groups excluding carboxylic acids is 1. The molecule has 13 nitrogen and oxygen atoms in total. The second kappa shape index (κ2) is 17.0. The van der Waals surface area contributed by atoms with Gasteiger partial charge in [0.05, 0.1) is 19.7 Å². The van der Waals surface area contributed by atoms with Crippen LogP contribution in [-0.4, -0.2) is 35.7 Å². The Hall–Kier alpha value is -5.55. The first-order valence-corrected chi connectivity index (χ1v) is 15.9. The number of azide groups is 2. The van der Waals surface area contributed by atoms with E-state index in [2.05, 4.69) is 30.9 Å². The molecule has 0 fully saturated rings. The second-order valence-corrected chi connectivity index (χ2v) is 11.5. The molecule has 3 N–H and O–H groups in total. The summed E-state index contributed by atoms with van der Waals surface area (Å²) in [6.45, 7) is 0.716. The maximum atomic E-state index is 14.7. The highest BCUT2D eigenvalue weighted by atomic mass is 35.5. The zero-order chi connectivity index (χ0) is 34.5. The molecule has 0 saturated heterocycles. The predicted molar refractivity (Wildman–Crippen MR) is 185 cm³/mol. The summed E-state index contributed by atoms with van der Waals surface area (Å²) >= 11 is 6.37. The van der Waals surface area contributed by atoms with E-state index in [0.717, 1.165) is 16.7 Å². The van der Waals surface area contributed by atoms with Crippen LogP contribution in [0.25, 0.3) is 20.9 Å². The average molecular weight is 680 g/mol. The Kier molecular flexibility index (Phi) is 12.1. The lowest BCUT2D eigenvalue weighted by Gasteiger charge is -2.32. The van der Waals surface area contributed by atoms with Crippen LogP contribution in [-0.2, 0) is 35.6 Å². The van der Waals surface area contributed by atoms with Crippen LogP contribution < -0.4 is 15.6 Å². The molecule has 4 aromatic carbocycles. The van der Waals surface area contributed by atoms with Crippen molar-refractivity contribution in [1.29, 1.82) is 0 Å². The van der Waals surface area contributed by atoms with Crippen molar-refractivity contribution in [3.8, 4) is 5.75 Å². The van der Waals surface area contributed by atoms with Gasteiger partial charge in [-0.3, -0.25) is 10.2 Å². The van der Waals surface area contributed by atoms with Crippen LogP contribution in [0, 0.1) is 0 Å². The maximum absolute atomic E-state index is 14.7. The van der Waals surface area contributed by atoms with Gasteiger partial charge < -0.3 is 14.6 Å². The molecular formula is C35H34ClN9O4. The number of nitrogens with one attached hydrogen (secondary N) is 2. The standard InChI is InChI=1S/C35H34ClN9O4/c36-31-13-6-4-11-28(31)23-39-43-34(47)35(20-25-8-1-2-9-26(25)21-40-44-37)32(30-12-5-3-10-27(30)22-41-45-38)49-33(42-35)24-14-16-29(17-15-24)48-19-7-18-46/h1-6,8-17,32,39,46H,7,18-23H2,(H,43,47)/t32-,35-/m0/s1. The van der Waals surface area contributed by atoms with Gasteiger partial charge in [-0.05, 0) is 69.2 Å². The highest BCUT2D eigenvalue weighted by molar-refractivity contribution is 6.31.